The highest BCUT2D eigenvalue weighted by Crippen LogP contribution is 2.40. The summed E-state index contributed by atoms with van der Waals surface area (Å²) in [5.74, 6) is 1.51. The average molecular weight is 307 g/mol. The largest absolute Gasteiger partial charge is 0.493 e. The van der Waals surface area contributed by atoms with Gasteiger partial charge in [-0.05, 0) is 30.2 Å². The molecule has 0 aliphatic rings. The summed E-state index contributed by atoms with van der Waals surface area (Å²) in [5.41, 5.74) is 3.36. The van der Waals surface area contributed by atoms with Gasteiger partial charge in [-0.25, -0.2) is 0 Å². The van der Waals surface area contributed by atoms with Crippen LogP contribution in [0.15, 0.2) is 40.9 Å². The Morgan fingerprint density at radius 3 is 2.22 bits per heavy atom. The fraction of sp³-hybridized carbons (Fsp3) is 0.200. The third kappa shape index (κ3) is 2.23. The first-order valence-electron chi connectivity index (χ1n) is 5.65. The molecular formula is C15H15BrO2. The van der Waals surface area contributed by atoms with Crippen LogP contribution in [0.3, 0.4) is 0 Å². The molecule has 3 heteroatoms. The maximum atomic E-state index is 5.48. The first kappa shape index (κ1) is 13.0. The fourth-order valence-corrected chi connectivity index (χ4v) is 2.36. The van der Waals surface area contributed by atoms with Gasteiger partial charge < -0.3 is 9.47 Å². The molecule has 0 unspecified atom stereocenters. The van der Waals surface area contributed by atoms with Crippen LogP contribution < -0.4 is 9.47 Å². The molecule has 0 heterocycles. The number of methoxy groups -OCH3 is 2. The Bertz CT molecular complexity index is 564. The van der Waals surface area contributed by atoms with E-state index in [-0.39, 0.29) is 0 Å². The van der Waals surface area contributed by atoms with Crippen LogP contribution in [0.5, 0.6) is 11.5 Å². The van der Waals surface area contributed by atoms with Gasteiger partial charge in [0.2, 0.25) is 0 Å². The van der Waals surface area contributed by atoms with Crippen LogP contribution in [0, 0.1) is 6.92 Å². The second-order valence-corrected chi connectivity index (χ2v) is 4.81. The van der Waals surface area contributed by atoms with Gasteiger partial charge in [-0.1, -0.05) is 40.2 Å². The minimum atomic E-state index is 0.745. The van der Waals surface area contributed by atoms with Crippen LogP contribution in [0.25, 0.3) is 11.1 Å². The van der Waals surface area contributed by atoms with Gasteiger partial charge in [0.05, 0.1) is 14.2 Å². The van der Waals surface area contributed by atoms with Crippen LogP contribution in [0.2, 0.25) is 0 Å². The van der Waals surface area contributed by atoms with Gasteiger partial charge in [0.25, 0.3) is 0 Å². The second-order valence-electron chi connectivity index (χ2n) is 3.95. The number of para-hydroxylation sites is 1. The monoisotopic (exact) mass is 306 g/mol. The standard InChI is InChI=1S/C15H15BrO2/c1-10-11(6-4-8-13(10)16)12-7-5-9-14(17-2)15(12)18-3/h4-9H,1-3H3. The van der Waals surface area contributed by atoms with E-state index in [1.807, 2.05) is 30.3 Å². The third-order valence-corrected chi connectivity index (χ3v) is 3.82. The SMILES string of the molecule is COc1cccc(-c2cccc(Br)c2C)c1OC. The molecule has 94 valence electrons. The molecule has 0 aromatic heterocycles. The molecule has 0 amide bonds. The molecule has 0 fully saturated rings. The second kappa shape index (κ2) is 5.44. The lowest BCUT2D eigenvalue weighted by molar-refractivity contribution is 0.356. The molecule has 2 aromatic rings. The number of hydrogen-bond acceptors (Lipinski definition) is 2. The Labute approximate surface area is 116 Å². The summed E-state index contributed by atoms with van der Waals surface area (Å²) < 4.78 is 11.9. The average Bonchev–Trinajstić information content (AvgIpc) is 2.41. The molecule has 0 aliphatic carbocycles. The van der Waals surface area contributed by atoms with Crippen molar-refractivity contribution < 1.29 is 9.47 Å². The van der Waals surface area contributed by atoms with E-state index in [9.17, 15) is 0 Å². The van der Waals surface area contributed by atoms with Crippen molar-refractivity contribution in [3.05, 3.63) is 46.4 Å². The van der Waals surface area contributed by atoms with Crippen molar-refractivity contribution in [2.45, 2.75) is 6.92 Å². The van der Waals surface area contributed by atoms with E-state index in [1.165, 1.54) is 5.56 Å². The Balaban J connectivity index is 2.67. The van der Waals surface area contributed by atoms with Gasteiger partial charge in [-0.2, -0.15) is 0 Å². The minimum Gasteiger partial charge on any atom is -0.493 e. The number of benzene rings is 2. The fourth-order valence-electron chi connectivity index (χ4n) is 2.00. The Kier molecular flexibility index (Phi) is 3.92. The summed E-state index contributed by atoms with van der Waals surface area (Å²) in [6, 6.07) is 12.0. The minimum absolute atomic E-state index is 0.745. The maximum absolute atomic E-state index is 5.48. The Hall–Kier alpha value is -1.48. The zero-order valence-corrected chi connectivity index (χ0v) is 12.2. The van der Waals surface area contributed by atoms with Crippen molar-refractivity contribution in [3.8, 4) is 22.6 Å². The summed E-state index contributed by atoms with van der Waals surface area (Å²) in [7, 11) is 3.31. The number of halogens is 1. The first-order chi connectivity index (χ1) is 8.69. The molecule has 0 atom stereocenters. The van der Waals surface area contributed by atoms with Crippen molar-refractivity contribution in [3.63, 3.8) is 0 Å². The highest BCUT2D eigenvalue weighted by molar-refractivity contribution is 9.10. The van der Waals surface area contributed by atoms with E-state index >= 15 is 0 Å². The summed E-state index contributed by atoms with van der Waals surface area (Å²) in [6.45, 7) is 2.08. The van der Waals surface area contributed by atoms with Crippen molar-refractivity contribution in [2.75, 3.05) is 14.2 Å². The molecule has 0 aliphatic heterocycles. The van der Waals surface area contributed by atoms with E-state index in [4.69, 9.17) is 9.47 Å². The molecule has 0 bridgehead atoms. The van der Waals surface area contributed by atoms with Crippen LogP contribution in [0.4, 0.5) is 0 Å². The molecule has 2 nitrogen and oxygen atoms in total. The lowest BCUT2D eigenvalue weighted by Gasteiger charge is -2.14. The zero-order valence-electron chi connectivity index (χ0n) is 10.7. The molecule has 0 saturated heterocycles. The van der Waals surface area contributed by atoms with Gasteiger partial charge >= 0.3 is 0 Å². The van der Waals surface area contributed by atoms with Gasteiger partial charge in [-0.3, -0.25) is 0 Å². The van der Waals surface area contributed by atoms with Gasteiger partial charge in [0, 0.05) is 10.0 Å². The summed E-state index contributed by atoms with van der Waals surface area (Å²) >= 11 is 3.55. The predicted octanol–water partition coefficient (Wildman–Crippen LogP) is 4.44. The van der Waals surface area contributed by atoms with Crippen molar-refractivity contribution in [1.82, 2.24) is 0 Å². The highest BCUT2D eigenvalue weighted by atomic mass is 79.9. The molecule has 0 N–H and O–H groups in total. The van der Waals surface area contributed by atoms with Crippen molar-refractivity contribution in [2.24, 2.45) is 0 Å². The number of rotatable bonds is 3. The van der Waals surface area contributed by atoms with E-state index in [0.717, 1.165) is 27.1 Å². The molecule has 18 heavy (non-hydrogen) atoms. The molecule has 0 spiro atoms. The van der Waals surface area contributed by atoms with Crippen molar-refractivity contribution >= 4 is 15.9 Å². The Morgan fingerprint density at radius 2 is 1.56 bits per heavy atom. The zero-order chi connectivity index (χ0) is 13.1. The molecular weight excluding hydrogens is 292 g/mol. The van der Waals surface area contributed by atoms with Gasteiger partial charge in [0.1, 0.15) is 0 Å². The van der Waals surface area contributed by atoms with Crippen LogP contribution in [-0.2, 0) is 0 Å². The van der Waals surface area contributed by atoms with Crippen LogP contribution in [-0.4, -0.2) is 14.2 Å². The smallest absolute Gasteiger partial charge is 0.168 e. The quantitative estimate of drug-likeness (QED) is 0.834. The predicted molar refractivity (Wildman–Crippen MR) is 77.4 cm³/mol. The topological polar surface area (TPSA) is 18.5 Å². The maximum Gasteiger partial charge on any atom is 0.168 e. The lowest BCUT2D eigenvalue weighted by atomic mass is 9.99. The van der Waals surface area contributed by atoms with Crippen LogP contribution >= 0.6 is 15.9 Å². The molecule has 2 aromatic carbocycles. The number of ether oxygens (including phenoxy) is 2. The van der Waals surface area contributed by atoms with Gasteiger partial charge in [0.15, 0.2) is 11.5 Å². The highest BCUT2D eigenvalue weighted by Gasteiger charge is 2.13. The van der Waals surface area contributed by atoms with E-state index < -0.39 is 0 Å². The van der Waals surface area contributed by atoms with Crippen LogP contribution in [0.1, 0.15) is 5.56 Å². The van der Waals surface area contributed by atoms with E-state index in [1.54, 1.807) is 14.2 Å². The van der Waals surface area contributed by atoms with Crippen molar-refractivity contribution in [1.29, 1.82) is 0 Å². The van der Waals surface area contributed by atoms with E-state index in [2.05, 4.69) is 28.9 Å². The van der Waals surface area contributed by atoms with E-state index in [0.29, 0.717) is 0 Å². The third-order valence-electron chi connectivity index (χ3n) is 2.96. The summed E-state index contributed by atoms with van der Waals surface area (Å²) in [6.07, 6.45) is 0. The van der Waals surface area contributed by atoms with Gasteiger partial charge in [-0.15, -0.1) is 0 Å². The summed E-state index contributed by atoms with van der Waals surface area (Å²) in [5, 5.41) is 0. The number of hydrogen-bond donors (Lipinski definition) is 0. The molecule has 2 rings (SSSR count). The lowest BCUT2D eigenvalue weighted by Crippen LogP contribution is -1.94. The molecule has 0 saturated carbocycles. The summed E-state index contributed by atoms with van der Waals surface area (Å²) in [4.78, 5) is 0. The first-order valence-corrected chi connectivity index (χ1v) is 6.44. The normalized spacial score (nSPS) is 10.2. The Morgan fingerprint density at radius 1 is 0.889 bits per heavy atom. The molecule has 0 radical (unpaired) electrons.